The van der Waals surface area contributed by atoms with Gasteiger partial charge in [-0.25, -0.2) is 5.14 Å². The Labute approximate surface area is 142 Å². The predicted molar refractivity (Wildman–Crippen MR) is 92.0 cm³/mol. The molecule has 1 unspecified atom stereocenters. The van der Waals surface area contributed by atoms with Crippen LogP contribution < -0.4 is 20.1 Å². The quantitative estimate of drug-likeness (QED) is 0.725. The summed E-state index contributed by atoms with van der Waals surface area (Å²) in [4.78, 5) is 12.2. The zero-order chi connectivity index (χ0) is 15.9. The van der Waals surface area contributed by atoms with Crippen molar-refractivity contribution in [2.75, 3.05) is 29.3 Å². The van der Waals surface area contributed by atoms with E-state index in [1.54, 1.807) is 12.1 Å². The molecule has 1 aromatic rings. The van der Waals surface area contributed by atoms with Gasteiger partial charge in [-0.1, -0.05) is 13.0 Å². The molecule has 1 atom stereocenters. The summed E-state index contributed by atoms with van der Waals surface area (Å²) in [7, 11) is -3.77. The third kappa shape index (κ3) is 3.60. The fourth-order valence-electron chi connectivity index (χ4n) is 2.83. The highest BCUT2D eigenvalue weighted by Crippen LogP contribution is 2.32. The Balaban J connectivity index is 0.00000192. The first-order valence-corrected chi connectivity index (χ1v) is 8.81. The van der Waals surface area contributed by atoms with Crippen LogP contribution >= 0.6 is 12.4 Å². The fraction of sp³-hybridized carbons (Fsp3) is 0.500. The molecule has 2 aliphatic rings. The van der Waals surface area contributed by atoms with Gasteiger partial charge in [0.25, 0.3) is 10.2 Å². The van der Waals surface area contributed by atoms with Crippen molar-refractivity contribution in [2.45, 2.75) is 13.3 Å². The number of benzene rings is 1. The molecule has 1 fully saturated rings. The first-order chi connectivity index (χ1) is 10.4. The molecule has 7 nitrogen and oxygen atoms in total. The van der Waals surface area contributed by atoms with Crippen LogP contribution in [0.1, 0.15) is 12.5 Å². The summed E-state index contributed by atoms with van der Waals surface area (Å²) < 4.78 is 24.3. The molecule has 0 spiro atoms. The molecule has 23 heavy (non-hydrogen) atoms. The monoisotopic (exact) mass is 360 g/mol. The number of nitrogens with one attached hydrogen (secondary N) is 2. The minimum Gasteiger partial charge on any atom is -0.326 e. The average Bonchev–Trinajstić information content (AvgIpc) is 2.79. The van der Waals surface area contributed by atoms with E-state index >= 15 is 0 Å². The topological polar surface area (TPSA) is 105 Å². The smallest absolute Gasteiger partial charge is 0.299 e. The van der Waals surface area contributed by atoms with Gasteiger partial charge in [-0.2, -0.15) is 8.42 Å². The molecule has 1 aromatic carbocycles. The zero-order valence-electron chi connectivity index (χ0n) is 12.8. The van der Waals surface area contributed by atoms with Gasteiger partial charge in [-0.3, -0.25) is 9.10 Å². The molecule has 4 N–H and O–H groups in total. The van der Waals surface area contributed by atoms with Gasteiger partial charge in [-0.15, -0.1) is 12.4 Å². The Kier molecular flexibility index (Phi) is 5.20. The number of nitrogens with zero attached hydrogens (tertiary/aromatic N) is 1. The second kappa shape index (κ2) is 6.64. The fourth-order valence-corrected chi connectivity index (χ4v) is 3.62. The molecule has 0 aliphatic carbocycles. The van der Waals surface area contributed by atoms with Crippen LogP contribution in [-0.2, 0) is 21.4 Å². The van der Waals surface area contributed by atoms with Gasteiger partial charge in [0.2, 0.25) is 5.91 Å². The molecular weight excluding hydrogens is 340 g/mol. The van der Waals surface area contributed by atoms with Crippen molar-refractivity contribution in [3.63, 3.8) is 0 Å². The molecule has 0 radical (unpaired) electrons. The van der Waals surface area contributed by atoms with Gasteiger partial charge in [0, 0.05) is 18.2 Å². The lowest BCUT2D eigenvalue weighted by Crippen LogP contribution is -2.48. The summed E-state index contributed by atoms with van der Waals surface area (Å²) >= 11 is 0. The number of hydrogen-bond acceptors (Lipinski definition) is 4. The lowest BCUT2D eigenvalue weighted by atomic mass is 9.88. The first kappa shape index (κ1) is 18.0. The summed E-state index contributed by atoms with van der Waals surface area (Å²) in [6.07, 6.45) is 0.629. The van der Waals surface area contributed by atoms with E-state index < -0.39 is 10.2 Å². The number of rotatable bonds is 4. The summed E-state index contributed by atoms with van der Waals surface area (Å²) in [5.74, 6) is 0.228. The van der Waals surface area contributed by atoms with Crippen molar-refractivity contribution in [3.8, 4) is 0 Å². The Morgan fingerprint density at radius 1 is 1.43 bits per heavy atom. The number of nitrogens with two attached hydrogens (primary N) is 1. The van der Waals surface area contributed by atoms with Crippen LogP contribution in [0.2, 0.25) is 0 Å². The van der Waals surface area contributed by atoms with Crippen molar-refractivity contribution in [1.82, 2.24) is 5.32 Å². The molecule has 1 saturated heterocycles. The maximum absolute atomic E-state index is 12.2. The molecule has 1 amide bonds. The van der Waals surface area contributed by atoms with E-state index in [0.29, 0.717) is 30.3 Å². The van der Waals surface area contributed by atoms with Crippen LogP contribution in [0.15, 0.2) is 18.2 Å². The minimum atomic E-state index is -3.77. The molecule has 0 bridgehead atoms. The molecule has 128 valence electrons. The molecular formula is C14H21ClN4O3S. The van der Waals surface area contributed by atoms with Crippen LogP contribution in [0.3, 0.4) is 0 Å². The maximum atomic E-state index is 12.2. The van der Waals surface area contributed by atoms with E-state index in [1.165, 1.54) is 4.31 Å². The third-order valence-electron chi connectivity index (χ3n) is 4.45. The second-order valence-corrected chi connectivity index (χ2v) is 7.38. The van der Waals surface area contributed by atoms with Crippen LogP contribution in [0.4, 0.5) is 11.4 Å². The molecule has 2 aliphatic heterocycles. The number of anilines is 2. The van der Waals surface area contributed by atoms with Gasteiger partial charge in [0.05, 0.1) is 5.69 Å². The maximum Gasteiger partial charge on any atom is 0.299 e. The van der Waals surface area contributed by atoms with E-state index in [9.17, 15) is 13.2 Å². The van der Waals surface area contributed by atoms with Gasteiger partial charge in [0.1, 0.15) is 0 Å². The predicted octanol–water partition coefficient (Wildman–Crippen LogP) is 0.468. The van der Waals surface area contributed by atoms with Crippen LogP contribution in [-0.4, -0.2) is 34.0 Å². The summed E-state index contributed by atoms with van der Waals surface area (Å²) in [6, 6.07) is 5.32. The Hall–Kier alpha value is -1.35. The van der Waals surface area contributed by atoms with E-state index in [4.69, 9.17) is 5.14 Å². The molecule has 0 aromatic heterocycles. The van der Waals surface area contributed by atoms with Gasteiger partial charge in [0.15, 0.2) is 0 Å². The molecule has 9 heteroatoms. The van der Waals surface area contributed by atoms with Gasteiger partial charge >= 0.3 is 0 Å². The number of fused-ring (bicyclic) bond motifs is 1. The lowest BCUT2D eigenvalue weighted by Gasteiger charge is -2.31. The molecule has 2 heterocycles. The first-order valence-electron chi connectivity index (χ1n) is 7.31. The van der Waals surface area contributed by atoms with Crippen LogP contribution in [0, 0.1) is 11.8 Å². The van der Waals surface area contributed by atoms with Crippen molar-refractivity contribution in [2.24, 2.45) is 17.0 Å². The number of carbonyl (C=O) groups is 1. The van der Waals surface area contributed by atoms with Crippen LogP contribution in [0.25, 0.3) is 0 Å². The highest BCUT2D eigenvalue weighted by Gasteiger charge is 2.30. The van der Waals surface area contributed by atoms with Gasteiger partial charge in [-0.05, 0) is 43.1 Å². The van der Waals surface area contributed by atoms with Gasteiger partial charge < -0.3 is 10.6 Å². The normalized spacial score (nSPS) is 18.6. The Bertz CT molecular complexity index is 706. The number of hydrogen-bond donors (Lipinski definition) is 3. The Morgan fingerprint density at radius 3 is 2.70 bits per heavy atom. The van der Waals surface area contributed by atoms with Crippen molar-refractivity contribution < 1.29 is 13.2 Å². The number of carbonyl (C=O) groups excluding carboxylic acids is 1. The van der Waals surface area contributed by atoms with E-state index in [2.05, 4.69) is 10.6 Å². The summed E-state index contributed by atoms with van der Waals surface area (Å²) in [6.45, 7) is 3.97. The third-order valence-corrected chi connectivity index (χ3v) is 5.44. The second-order valence-electron chi connectivity index (χ2n) is 5.91. The minimum absolute atomic E-state index is 0. The van der Waals surface area contributed by atoms with Crippen molar-refractivity contribution in [1.29, 1.82) is 0 Å². The van der Waals surface area contributed by atoms with Crippen LogP contribution in [0.5, 0.6) is 0 Å². The molecule has 3 rings (SSSR count). The van der Waals surface area contributed by atoms with E-state index in [0.717, 1.165) is 18.7 Å². The highest BCUT2D eigenvalue weighted by atomic mass is 35.5. The largest absolute Gasteiger partial charge is 0.326 e. The number of amides is 1. The van der Waals surface area contributed by atoms with Crippen molar-refractivity contribution >= 4 is 39.9 Å². The zero-order valence-corrected chi connectivity index (χ0v) is 14.4. The van der Waals surface area contributed by atoms with E-state index in [-0.39, 0.29) is 24.2 Å². The SMILES string of the molecule is CC(C(=O)Nc1ccc2c(c1)N(S(N)(=O)=O)CC2)C1CNC1.Cl. The highest BCUT2D eigenvalue weighted by molar-refractivity contribution is 7.90. The average molecular weight is 361 g/mol. The van der Waals surface area contributed by atoms with E-state index in [1.807, 2.05) is 13.0 Å². The van der Waals surface area contributed by atoms with Crippen molar-refractivity contribution in [3.05, 3.63) is 23.8 Å². The Morgan fingerprint density at radius 2 is 2.13 bits per heavy atom. The summed E-state index contributed by atoms with van der Waals surface area (Å²) in [5, 5.41) is 11.2. The number of halogens is 1. The molecule has 0 saturated carbocycles. The lowest BCUT2D eigenvalue weighted by molar-refractivity contribution is -0.121. The summed E-state index contributed by atoms with van der Waals surface area (Å²) in [5.41, 5.74) is 2.07. The standard InChI is InChI=1S/C14H20N4O3S.ClH/c1-9(11-7-16-8-11)14(19)17-12-3-2-10-4-5-18(13(10)6-12)22(15,20)21;/h2-3,6,9,11,16H,4-5,7-8H2,1H3,(H,17,19)(H2,15,20,21);1H.